The average Bonchev–Trinajstić information content (AvgIpc) is 3.38. The fraction of sp³-hybridized carbons (Fsp3) is 0.429. The van der Waals surface area contributed by atoms with Gasteiger partial charge in [-0.2, -0.15) is 11.8 Å². The van der Waals surface area contributed by atoms with Crippen molar-refractivity contribution in [3.8, 4) is 0 Å². The summed E-state index contributed by atoms with van der Waals surface area (Å²) in [6, 6.07) is 11.2. The van der Waals surface area contributed by atoms with Crippen LogP contribution in [0.3, 0.4) is 0 Å². The molecule has 1 aromatic heterocycles. The van der Waals surface area contributed by atoms with Crippen LogP contribution in [0.2, 0.25) is 0 Å². The molecule has 1 amide bonds. The minimum Gasteiger partial charge on any atom is -0.467 e. The third kappa shape index (κ3) is 5.79. The van der Waals surface area contributed by atoms with E-state index in [2.05, 4.69) is 27.9 Å². The fourth-order valence-corrected chi connectivity index (χ4v) is 4.40. The number of carbonyl (C=O) groups is 1. The SMILES string of the molecule is CN=C(NCc1cccc(C(=O)NCc2ccco2)c1)NCC1(C)CCCS1. The third-order valence-corrected chi connectivity index (χ3v) is 6.34. The molecule has 0 saturated carbocycles. The first-order chi connectivity index (χ1) is 13.6. The number of benzene rings is 1. The number of thioether (sulfide) groups is 1. The first-order valence-electron chi connectivity index (χ1n) is 9.56. The summed E-state index contributed by atoms with van der Waals surface area (Å²) in [4.78, 5) is 16.7. The number of hydrogen-bond acceptors (Lipinski definition) is 4. The van der Waals surface area contributed by atoms with Crippen LogP contribution in [0, 0.1) is 0 Å². The van der Waals surface area contributed by atoms with Crippen LogP contribution in [-0.4, -0.2) is 36.0 Å². The largest absolute Gasteiger partial charge is 0.467 e. The molecule has 1 atom stereocenters. The molecular weight excluding hydrogens is 372 g/mol. The first-order valence-corrected chi connectivity index (χ1v) is 10.5. The predicted octanol–water partition coefficient (Wildman–Crippen LogP) is 3.16. The lowest BCUT2D eigenvalue weighted by Crippen LogP contribution is -2.43. The van der Waals surface area contributed by atoms with Crippen LogP contribution < -0.4 is 16.0 Å². The second-order valence-corrected chi connectivity index (χ2v) is 8.83. The molecule has 1 saturated heterocycles. The van der Waals surface area contributed by atoms with Crippen molar-refractivity contribution in [1.29, 1.82) is 0 Å². The molecule has 1 aliphatic rings. The Labute approximate surface area is 170 Å². The Morgan fingerprint density at radius 2 is 2.11 bits per heavy atom. The molecule has 6 nitrogen and oxygen atoms in total. The summed E-state index contributed by atoms with van der Waals surface area (Å²) in [7, 11) is 1.78. The van der Waals surface area contributed by atoms with Gasteiger partial charge in [0, 0.05) is 30.4 Å². The number of furan rings is 1. The minimum atomic E-state index is -0.119. The molecule has 1 aromatic carbocycles. The second-order valence-electron chi connectivity index (χ2n) is 7.14. The maximum atomic E-state index is 12.4. The lowest BCUT2D eigenvalue weighted by molar-refractivity contribution is 0.0948. The Hall–Kier alpha value is -2.41. The van der Waals surface area contributed by atoms with E-state index < -0.39 is 0 Å². The summed E-state index contributed by atoms with van der Waals surface area (Å²) in [5.41, 5.74) is 1.65. The van der Waals surface area contributed by atoms with E-state index in [1.54, 1.807) is 19.4 Å². The molecule has 0 spiro atoms. The van der Waals surface area contributed by atoms with Crippen molar-refractivity contribution in [2.75, 3.05) is 19.3 Å². The van der Waals surface area contributed by atoms with E-state index in [-0.39, 0.29) is 10.7 Å². The predicted molar refractivity (Wildman–Crippen MR) is 115 cm³/mol. The van der Waals surface area contributed by atoms with Crippen LogP contribution in [-0.2, 0) is 13.1 Å². The Balaban J connectivity index is 1.49. The van der Waals surface area contributed by atoms with Gasteiger partial charge in [-0.25, -0.2) is 0 Å². The number of rotatable bonds is 7. The van der Waals surface area contributed by atoms with Gasteiger partial charge in [0.1, 0.15) is 5.76 Å². The van der Waals surface area contributed by atoms with Gasteiger partial charge < -0.3 is 20.4 Å². The Bertz CT molecular complexity index is 798. The number of nitrogens with one attached hydrogen (secondary N) is 3. The zero-order valence-electron chi connectivity index (χ0n) is 16.5. The van der Waals surface area contributed by atoms with Gasteiger partial charge in [0.25, 0.3) is 5.91 Å². The van der Waals surface area contributed by atoms with Crippen LogP contribution in [0.25, 0.3) is 0 Å². The zero-order valence-corrected chi connectivity index (χ0v) is 17.3. The molecule has 1 unspecified atom stereocenters. The van der Waals surface area contributed by atoms with Crippen LogP contribution in [0.5, 0.6) is 0 Å². The average molecular weight is 401 g/mol. The molecule has 0 bridgehead atoms. The molecule has 0 aliphatic carbocycles. The number of hydrogen-bond donors (Lipinski definition) is 3. The molecule has 1 aliphatic heterocycles. The molecule has 3 rings (SSSR count). The van der Waals surface area contributed by atoms with Crippen molar-refractivity contribution >= 4 is 23.6 Å². The van der Waals surface area contributed by atoms with Crippen LogP contribution in [0.1, 0.15) is 41.4 Å². The van der Waals surface area contributed by atoms with Gasteiger partial charge in [-0.15, -0.1) is 0 Å². The van der Waals surface area contributed by atoms with E-state index >= 15 is 0 Å². The summed E-state index contributed by atoms with van der Waals surface area (Å²) in [5, 5.41) is 9.62. The van der Waals surface area contributed by atoms with E-state index in [1.807, 2.05) is 42.1 Å². The van der Waals surface area contributed by atoms with Gasteiger partial charge in [-0.3, -0.25) is 9.79 Å². The molecule has 7 heteroatoms. The maximum Gasteiger partial charge on any atom is 0.251 e. The van der Waals surface area contributed by atoms with Gasteiger partial charge in [-0.05, 0) is 55.3 Å². The molecule has 150 valence electrons. The number of carbonyl (C=O) groups excluding carboxylic acids is 1. The van der Waals surface area contributed by atoms with Gasteiger partial charge in [-0.1, -0.05) is 12.1 Å². The summed E-state index contributed by atoms with van der Waals surface area (Å²) in [6.45, 7) is 4.17. The number of nitrogens with zero attached hydrogens (tertiary/aromatic N) is 1. The normalized spacial score (nSPS) is 19.4. The smallest absolute Gasteiger partial charge is 0.251 e. The van der Waals surface area contributed by atoms with Crippen LogP contribution in [0.15, 0.2) is 52.1 Å². The van der Waals surface area contributed by atoms with Crippen LogP contribution in [0.4, 0.5) is 0 Å². The summed E-state index contributed by atoms with van der Waals surface area (Å²) < 4.78 is 5.52. The number of aliphatic imine (C=N–C) groups is 1. The van der Waals surface area contributed by atoms with E-state index in [4.69, 9.17) is 4.42 Å². The van der Waals surface area contributed by atoms with E-state index in [0.29, 0.717) is 18.7 Å². The maximum absolute atomic E-state index is 12.4. The molecule has 2 heterocycles. The van der Waals surface area contributed by atoms with E-state index in [0.717, 1.165) is 23.8 Å². The molecule has 0 radical (unpaired) electrons. The summed E-state index contributed by atoms with van der Waals surface area (Å²) in [5.74, 6) is 2.63. The fourth-order valence-electron chi connectivity index (χ4n) is 3.16. The van der Waals surface area contributed by atoms with Crippen molar-refractivity contribution in [2.45, 2.75) is 37.6 Å². The second kappa shape index (κ2) is 9.68. The minimum absolute atomic E-state index is 0.119. The summed E-state index contributed by atoms with van der Waals surface area (Å²) in [6.07, 6.45) is 4.11. The number of amides is 1. The van der Waals surface area contributed by atoms with Gasteiger partial charge >= 0.3 is 0 Å². The van der Waals surface area contributed by atoms with Gasteiger partial charge in [0.2, 0.25) is 0 Å². The van der Waals surface area contributed by atoms with Crippen molar-refractivity contribution in [1.82, 2.24) is 16.0 Å². The lowest BCUT2D eigenvalue weighted by Gasteiger charge is -2.24. The van der Waals surface area contributed by atoms with Gasteiger partial charge in [0.05, 0.1) is 12.8 Å². The van der Waals surface area contributed by atoms with Gasteiger partial charge in [0.15, 0.2) is 5.96 Å². The molecule has 3 N–H and O–H groups in total. The molecule has 1 fully saturated rings. The van der Waals surface area contributed by atoms with E-state index in [9.17, 15) is 4.79 Å². The molecule has 28 heavy (non-hydrogen) atoms. The monoisotopic (exact) mass is 400 g/mol. The standard InChI is InChI=1S/C21H28N4O2S/c1-21(9-5-11-28-21)15-25-20(22-2)24-13-16-6-3-7-17(12-16)19(26)23-14-18-8-4-10-27-18/h3-4,6-8,10,12H,5,9,11,13-15H2,1-2H3,(H,23,26)(H2,22,24,25). The van der Waals surface area contributed by atoms with Crippen LogP contribution >= 0.6 is 11.8 Å². The Morgan fingerprint density at radius 1 is 1.21 bits per heavy atom. The highest BCUT2D eigenvalue weighted by Crippen LogP contribution is 2.36. The highest BCUT2D eigenvalue weighted by Gasteiger charge is 2.29. The van der Waals surface area contributed by atoms with Crippen molar-refractivity contribution < 1.29 is 9.21 Å². The Kier molecular flexibility index (Phi) is 7.03. The Morgan fingerprint density at radius 3 is 2.82 bits per heavy atom. The van der Waals surface area contributed by atoms with Crippen molar-refractivity contribution in [3.63, 3.8) is 0 Å². The van der Waals surface area contributed by atoms with Crippen molar-refractivity contribution in [3.05, 3.63) is 59.5 Å². The lowest BCUT2D eigenvalue weighted by atomic mass is 10.1. The van der Waals surface area contributed by atoms with E-state index in [1.165, 1.54) is 18.6 Å². The number of guanidine groups is 1. The quantitative estimate of drug-likeness (QED) is 0.492. The highest BCUT2D eigenvalue weighted by molar-refractivity contribution is 8.00. The zero-order chi connectivity index (χ0) is 19.8. The molecule has 2 aromatic rings. The summed E-state index contributed by atoms with van der Waals surface area (Å²) >= 11 is 2.02. The topological polar surface area (TPSA) is 78.7 Å². The first kappa shape index (κ1) is 20.3. The third-order valence-electron chi connectivity index (χ3n) is 4.81. The van der Waals surface area contributed by atoms with Crippen molar-refractivity contribution in [2.24, 2.45) is 4.99 Å². The highest BCUT2D eigenvalue weighted by atomic mass is 32.2. The molecular formula is C21H28N4O2S.